The van der Waals surface area contributed by atoms with Gasteiger partial charge >= 0.3 is 0 Å². The van der Waals surface area contributed by atoms with E-state index in [4.69, 9.17) is 11.5 Å². The molecule has 2 aromatic rings. The lowest BCUT2D eigenvalue weighted by molar-refractivity contribution is 0.0859. The Labute approximate surface area is 139 Å². The van der Waals surface area contributed by atoms with Gasteiger partial charge in [-0.15, -0.1) is 0 Å². The van der Waals surface area contributed by atoms with Gasteiger partial charge in [0.05, 0.1) is 11.6 Å². The van der Waals surface area contributed by atoms with Crippen molar-refractivity contribution in [1.82, 2.24) is 9.78 Å². The lowest BCUT2D eigenvalue weighted by atomic mass is 9.90. The summed E-state index contributed by atoms with van der Waals surface area (Å²) < 4.78 is 14.9. The summed E-state index contributed by atoms with van der Waals surface area (Å²) in [6, 6.07) is 4.53. The predicted octanol–water partition coefficient (Wildman–Crippen LogP) is 1.66. The molecule has 1 aliphatic heterocycles. The maximum Gasteiger partial charge on any atom is 0.256 e. The van der Waals surface area contributed by atoms with Crippen molar-refractivity contribution in [2.24, 2.45) is 5.73 Å². The lowest BCUT2D eigenvalue weighted by Gasteiger charge is -2.25. The Morgan fingerprint density at radius 2 is 2.21 bits per heavy atom. The molecular weight excluding hydrogens is 309 g/mol. The number of benzene rings is 1. The number of aryl methyl sites for hydroxylation is 1. The van der Waals surface area contributed by atoms with Gasteiger partial charge < -0.3 is 16.8 Å². The molecular formula is C17H20FN5O. The highest BCUT2D eigenvalue weighted by molar-refractivity contribution is 5.90. The van der Waals surface area contributed by atoms with E-state index in [-0.39, 0.29) is 17.8 Å². The van der Waals surface area contributed by atoms with Gasteiger partial charge in [0.2, 0.25) is 0 Å². The van der Waals surface area contributed by atoms with Crippen molar-refractivity contribution >= 4 is 17.4 Å². The predicted molar refractivity (Wildman–Crippen MR) is 89.5 cm³/mol. The molecule has 5 N–H and O–H groups in total. The van der Waals surface area contributed by atoms with E-state index < -0.39 is 5.92 Å². The minimum absolute atomic E-state index is 0.0567. The number of halogens is 1. The zero-order valence-corrected chi connectivity index (χ0v) is 13.3. The summed E-state index contributed by atoms with van der Waals surface area (Å²) in [6.07, 6.45) is 2.81. The minimum Gasteiger partial charge on any atom is -0.385 e. The summed E-state index contributed by atoms with van der Waals surface area (Å²) in [4.78, 5) is 13.0. The van der Waals surface area contributed by atoms with Crippen LogP contribution in [0.1, 0.15) is 40.4 Å². The first-order valence-electron chi connectivity index (χ1n) is 8.24. The highest BCUT2D eigenvalue weighted by atomic mass is 19.1. The molecule has 7 heteroatoms. The average Bonchev–Trinajstić information content (AvgIpc) is 2.90. The van der Waals surface area contributed by atoms with Gasteiger partial charge in [-0.25, -0.2) is 4.39 Å². The zero-order chi connectivity index (χ0) is 16.8. The molecule has 0 spiro atoms. The minimum atomic E-state index is -0.450. The molecule has 0 unspecified atom stereocenters. The Morgan fingerprint density at radius 3 is 3.04 bits per heavy atom. The number of fused-ring (bicyclic) bond motifs is 2. The summed E-state index contributed by atoms with van der Waals surface area (Å²) in [5, 5.41) is 7.63. The Hall–Kier alpha value is -2.41. The van der Waals surface area contributed by atoms with Crippen molar-refractivity contribution in [3.8, 4) is 0 Å². The number of aromatic nitrogens is 2. The van der Waals surface area contributed by atoms with Crippen LogP contribution in [0.2, 0.25) is 0 Å². The van der Waals surface area contributed by atoms with E-state index in [1.165, 1.54) is 16.8 Å². The number of nitrogens with one attached hydrogen (secondary N) is 1. The monoisotopic (exact) mass is 329 g/mol. The van der Waals surface area contributed by atoms with Gasteiger partial charge in [0.25, 0.3) is 5.91 Å². The second-order valence-electron chi connectivity index (χ2n) is 6.56. The Kier molecular flexibility index (Phi) is 3.53. The van der Waals surface area contributed by atoms with Crippen molar-refractivity contribution in [1.29, 1.82) is 0 Å². The molecule has 2 atom stereocenters. The van der Waals surface area contributed by atoms with Gasteiger partial charge in [-0.3, -0.25) is 4.79 Å². The Bertz CT molecular complexity index is 816. The summed E-state index contributed by atoms with van der Waals surface area (Å²) in [5.74, 6) is -0.631. The largest absolute Gasteiger partial charge is 0.385 e. The van der Waals surface area contributed by atoms with Crippen molar-refractivity contribution in [3.05, 3.63) is 40.8 Å². The van der Waals surface area contributed by atoms with Crippen molar-refractivity contribution in [2.75, 3.05) is 17.6 Å². The summed E-state index contributed by atoms with van der Waals surface area (Å²) >= 11 is 0. The molecule has 1 aromatic heterocycles. The molecule has 4 rings (SSSR count). The van der Waals surface area contributed by atoms with E-state index in [1.54, 1.807) is 6.07 Å². The fraction of sp³-hybridized carbons (Fsp3) is 0.412. The number of nitrogen functional groups attached to an aromatic ring is 1. The van der Waals surface area contributed by atoms with E-state index >= 15 is 0 Å². The highest BCUT2D eigenvalue weighted by Gasteiger charge is 2.32. The molecule has 0 saturated carbocycles. The number of hydrogen-bond acceptors (Lipinski definition) is 5. The number of carbonyl (C=O) groups excluding carboxylic acids is 1. The van der Waals surface area contributed by atoms with Crippen LogP contribution in [0.25, 0.3) is 0 Å². The number of nitrogens with zero attached hydrogens (tertiary/aromatic N) is 2. The van der Waals surface area contributed by atoms with Gasteiger partial charge in [-0.2, -0.15) is 9.78 Å². The van der Waals surface area contributed by atoms with Crippen molar-refractivity contribution in [3.63, 3.8) is 0 Å². The van der Waals surface area contributed by atoms with E-state index in [1.807, 2.05) is 0 Å². The van der Waals surface area contributed by atoms with Crippen LogP contribution in [0.15, 0.2) is 18.2 Å². The van der Waals surface area contributed by atoms with Crippen LogP contribution in [0.5, 0.6) is 0 Å². The fourth-order valence-corrected chi connectivity index (χ4v) is 3.68. The third-order valence-corrected chi connectivity index (χ3v) is 4.97. The number of nitrogens with two attached hydrogens (primary N) is 2. The van der Waals surface area contributed by atoms with E-state index in [9.17, 15) is 9.18 Å². The van der Waals surface area contributed by atoms with Gasteiger partial charge in [-0.05, 0) is 49.4 Å². The van der Waals surface area contributed by atoms with Gasteiger partial charge in [0, 0.05) is 23.8 Å². The summed E-state index contributed by atoms with van der Waals surface area (Å²) in [7, 11) is 0. The number of rotatable bonds is 1. The third kappa shape index (κ3) is 2.36. The first-order chi connectivity index (χ1) is 11.5. The second kappa shape index (κ2) is 5.59. The van der Waals surface area contributed by atoms with E-state index in [0.29, 0.717) is 30.8 Å². The molecule has 6 nitrogen and oxygen atoms in total. The molecule has 24 heavy (non-hydrogen) atoms. The van der Waals surface area contributed by atoms with Crippen LogP contribution >= 0.6 is 0 Å². The van der Waals surface area contributed by atoms with Crippen molar-refractivity contribution in [2.45, 2.75) is 37.6 Å². The van der Waals surface area contributed by atoms with Gasteiger partial charge in [-0.1, -0.05) is 0 Å². The summed E-state index contributed by atoms with van der Waals surface area (Å²) in [6.45, 7) is 0.654. The van der Waals surface area contributed by atoms with Crippen LogP contribution in [0.4, 0.5) is 15.9 Å². The Morgan fingerprint density at radius 1 is 1.38 bits per heavy atom. The first kappa shape index (κ1) is 15.1. The Balaban J connectivity index is 1.72. The van der Waals surface area contributed by atoms with E-state index in [0.717, 1.165) is 29.8 Å². The topological polar surface area (TPSA) is 99.0 Å². The average molecular weight is 329 g/mol. The molecule has 0 bridgehead atoms. The SMILES string of the molecule is Nc1c2c(nn1C(=O)[C@@H]1CCNc3ccc(F)cc31)CC[C@H](N)C2. The number of anilines is 2. The molecule has 1 aromatic carbocycles. The maximum atomic E-state index is 13.6. The quantitative estimate of drug-likeness (QED) is 0.739. The van der Waals surface area contributed by atoms with Crippen LogP contribution in [0, 0.1) is 5.82 Å². The second-order valence-corrected chi connectivity index (χ2v) is 6.56. The smallest absolute Gasteiger partial charge is 0.256 e. The molecule has 0 fully saturated rings. The molecule has 0 amide bonds. The molecule has 0 radical (unpaired) electrons. The molecule has 0 saturated heterocycles. The van der Waals surface area contributed by atoms with Gasteiger partial charge in [0.1, 0.15) is 11.6 Å². The zero-order valence-electron chi connectivity index (χ0n) is 13.3. The van der Waals surface area contributed by atoms with Crippen LogP contribution in [-0.4, -0.2) is 28.3 Å². The fourth-order valence-electron chi connectivity index (χ4n) is 3.68. The van der Waals surface area contributed by atoms with E-state index in [2.05, 4.69) is 10.4 Å². The van der Waals surface area contributed by atoms with Crippen LogP contribution in [-0.2, 0) is 12.8 Å². The maximum absolute atomic E-state index is 13.6. The molecule has 1 aliphatic carbocycles. The first-order valence-corrected chi connectivity index (χ1v) is 8.24. The highest BCUT2D eigenvalue weighted by Crippen LogP contribution is 2.35. The molecule has 2 aliphatic rings. The normalized spacial score (nSPS) is 22.4. The van der Waals surface area contributed by atoms with Crippen LogP contribution < -0.4 is 16.8 Å². The molecule has 2 heterocycles. The lowest BCUT2D eigenvalue weighted by Crippen LogP contribution is -2.28. The number of carbonyl (C=O) groups is 1. The van der Waals surface area contributed by atoms with Crippen molar-refractivity contribution < 1.29 is 9.18 Å². The van der Waals surface area contributed by atoms with Gasteiger partial charge in [0.15, 0.2) is 0 Å². The standard InChI is InChI=1S/C17H20FN5O/c18-9-1-3-14-12(7-9)11(5-6-21-14)17(24)23-16(20)13-8-10(19)2-4-15(13)22-23/h1,3,7,10-11,21H,2,4-6,8,19-20H2/t10-,11+/m0/s1. The number of hydrogen-bond donors (Lipinski definition) is 3. The molecule has 126 valence electrons. The third-order valence-electron chi connectivity index (χ3n) is 4.97. The summed E-state index contributed by atoms with van der Waals surface area (Å²) in [5.41, 5.74) is 15.4. The van der Waals surface area contributed by atoms with Crippen LogP contribution in [0.3, 0.4) is 0 Å².